The van der Waals surface area contributed by atoms with E-state index in [4.69, 9.17) is 11.6 Å². The van der Waals surface area contributed by atoms with Crippen LogP contribution in [0.2, 0.25) is 5.02 Å². The first-order chi connectivity index (χ1) is 7.99. The van der Waals surface area contributed by atoms with Gasteiger partial charge < -0.3 is 15.3 Å². The minimum Gasteiger partial charge on any atom is -0.390 e. The molecule has 0 bridgehead atoms. The first kappa shape index (κ1) is 12.7. The van der Waals surface area contributed by atoms with E-state index in [0.717, 1.165) is 17.3 Å². The molecular formula is C13H19ClN2O. The lowest BCUT2D eigenvalue weighted by Gasteiger charge is -2.39. The van der Waals surface area contributed by atoms with Crippen LogP contribution in [0.5, 0.6) is 0 Å². The summed E-state index contributed by atoms with van der Waals surface area (Å²) in [6, 6.07) is 7.78. The molecule has 1 fully saturated rings. The van der Waals surface area contributed by atoms with Crippen LogP contribution in [0.4, 0.5) is 5.69 Å². The fraction of sp³-hybridized carbons (Fsp3) is 0.538. The maximum atomic E-state index is 9.88. The Labute approximate surface area is 107 Å². The van der Waals surface area contributed by atoms with Gasteiger partial charge in [0.2, 0.25) is 0 Å². The molecule has 2 N–H and O–H groups in total. The average Bonchev–Trinajstić information content (AvgIpc) is 2.39. The molecule has 1 unspecified atom stereocenters. The van der Waals surface area contributed by atoms with Crippen LogP contribution in [0.1, 0.15) is 13.8 Å². The molecule has 2 rings (SSSR count). The molecule has 0 amide bonds. The van der Waals surface area contributed by atoms with Gasteiger partial charge in [0.05, 0.1) is 6.10 Å². The van der Waals surface area contributed by atoms with Crippen LogP contribution >= 0.6 is 11.6 Å². The second kappa shape index (κ2) is 4.84. The van der Waals surface area contributed by atoms with Crippen molar-refractivity contribution in [3.8, 4) is 0 Å². The number of benzene rings is 1. The molecule has 4 heteroatoms. The Balaban J connectivity index is 2.29. The van der Waals surface area contributed by atoms with Crippen LogP contribution in [0.3, 0.4) is 0 Å². The van der Waals surface area contributed by atoms with E-state index in [2.05, 4.69) is 24.1 Å². The van der Waals surface area contributed by atoms with Crippen LogP contribution in [-0.4, -0.2) is 36.4 Å². The number of anilines is 1. The molecule has 1 heterocycles. The van der Waals surface area contributed by atoms with Gasteiger partial charge in [-0.2, -0.15) is 0 Å². The number of hydrogen-bond acceptors (Lipinski definition) is 3. The van der Waals surface area contributed by atoms with Crippen molar-refractivity contribution in [2.45, 2.75) is 25.5 Å². The van der Waals surface area contributed by atoms with Gasteiger partial charge in [-0.1, -0.05) is 11.6 Å². The van der Waals surface area contributed by atoms with Crippen molar-refractivity contribution in [2.75, 3.05) is 24.5 Å². The normalized spacial score (nSPS) is 24.5. The quantitative estimate of drug-likeness (QED) is 0.804. The predicted molar refractivity (Wildman–Crippen MR) is 71.8 cm³/mol. The van der Waals surface area contributed by atoms with Crippen molar-refractivity contribution in [2.24, 2.45) is 0 Å². The summed E-state index contributed by atoms with van der Waals surface area (Å²) in [5, 5.41) is 13.9. The maximum Gasteiger partial charge on any atom is 0.0839 e. The van der Waals surface area contributed by atoms with Crippen LogP contribution in [-0.2, 0) is 0 Å². The third-order valence-corrected chi connectivity index (χ3v) is 3.45. The minimum atomic E-state index is -0.340. The Morgan fingerprint density at radius 3 is 2.65 bits per heavy atom. The predicted octanol–water partition coefficient (Wildman–Crippen LogP) is 1.89. The molecule has 1 aromatic carbocycles. The fourth-order valence-corrected chi connectivity index (χ4v) is 2.36. The summed E-state index contributed by atoms with van der Waals surface area (Å²) >= 11 is 5.90. The molecule has 0 aromatic heterocycles. The van der Waals surface area contributed by atoms with Gasteiger partial charge >= 0.3 is 0 Å². The van der Waals surface area contributed by atoms with Crippen molar-refractivity contribution >= 4 is 17.3 Å². The topological polar surface area (TPSA) is 35.5 Å². The van der Waals surface area contributed by atoms with E-state index in [1.165, 1.54) is 0 Å². The number of halogens is 1. The lowest BCUT2D eigenvalue weighted by atomic mass is 10.0. The summed E-state index contributed by atoms with van der Waals surface area (Å²) in [4.78, 5) is 2.23. The Bertz CT molecular complexity index is 378. The Morgan fingerprint density at radius 1 is 1.35 bits per heavy atom. The molecule has 1 aliphatic rings. The largest absolute Gasteiger partial charge is 0.390 e. The first-order valence-electron chi connectivity index (χ1n) is 5.91. The van der Waals surface area contributed by atoms with E-state index < -0.39 is 0 Å². The van der Waals surface area contributed by atoms with E-state index in [9.17, 15) is 5.11 Å². The number of rotatable bonds is 1. The molecule has 1 atom stereocenters. The highest BCUT2D eigenvalue weighted by atomic mass is 35.5. The Hall–Kier alpha value is -0.770. The third kappa shape index (κ3) is 2.92. The number of nitrogens with one attached hydrogen (secondary N) is 1. The lowest BCUT2D eigenvalue weighted by Crippen LogP contribution is -2.49. The second-order valence-corrected chi connectivity index (χ2v) is 5.62. The van der Waals surface area contributed by atoms with Gasteiger partial charge in [-0.25, -0.2) is 0 Å². The van der Waals surface area contributed by atoms with Crippen molar-refractivity contribution < 1.29 is 5.11 Å². The third-order valence-electron chi connectivity index (χ3n) is 3.20. The highest BCUT2D eigenvalue weighted by Gasteiger charge is 2.31. The maximum absolute atomic E-state index is 9.88. The number of hydrogen-bond donors (Lipinski definition) is 2. The number of β-amino-alcohol motifs (C(OH)–C–C–N with tert-alkyl or cyclic N) is 1. The molecule has 1 aliphatic heterocycles. The van der Waals surface area contributed by atoms with Crippen LogP contribution in [0, 0.1) is 0 Å². The van der Waals surface area contributed by atoms with Gasteiger partial charge in [-0.05, 0) is 38.1 Å². The monoisotopic (exact) mass is 254 g/mol. The van der Waals surface area contributed by atoms with Crippen molar-refractivity contribution in [3.63, 3.8) is 0 Å². The molecule has 0 spiro atoms. The SMILES string of the molecule is CC1(C)CNCC(O)CN1c1ccc(Cl)cc1. The average molecular weight is 255 g/mol. The Kier molecular flexibility index (Phi) is 3.61. The van der Waals surface area contributed by atoms with Gasteiger partial charge in [0.25, 0.3) is 0 Å². The highest BCUT2D eigenvalue weighted by Crippen LogP contribution is 2.26. The van der Waals surface area contributed by atoms with Crippen molar-refractivity contribution in [1.29, 1.82) is 0 Å². The molecule has 0 saturated carbocycles. The molecule has 0 radical (unpaired) electrons. The van der Waals surface area contributed by atoms with E-state index in [1.807, 2.05) is 24.3 Å². The smallest absolute Gasteiger partial charge is 0.0839 e. The molecule has 1 saturated heterocycles. The van der Waals surface area contributed by atoms with Gasteiger partial charge in [-0.3, -0.25) is 0 Å². The van der Waals surface area contributed by atoms with Crippen molar-refractivity contribution in [1.82, 2.24) is 5.32 Å². The summed E-state index contributed by atoms with van der Waals surface area (Å²) in [6.45, 7) is 6.49. The van der Waals surface area contributed by atoms with E-state index in [1.54, 1.807) is 0 Å². The van der Waals surface area contributed by atoms with Gasteiger partial charge in [0.15, 0.2) is 0 Å². The van der Waals surface area contributed by atoms with E-state index >= 15 is 0 Å². The zero-order chi connectivity index (χ0) is 12.5. The molecule has 0 aliphatic carbocycles. The summed E-state index contributed by atoms with van der Waals surface area (Å²) in [5.74, 6) is 0. The van der Waals surface area contributed by atoms with E-state index in [-0.39, 0.29) is 11.6 Å². The number of nitrogens with zero attached hydrogens (tertiary/aromatic N) is 1. The molecule has 1 aromatic rings. The zero-order valence-electron chi connectivity index (χ0n) is 10.3. The molecular weight excluding hydrogens is 236 g/mol. The van der Waals surface area contributed by atoms with Crippen LogP contribution in [0.25, 0.3) is 0 Å². The van der Waals surface area contributed by atoms with E-state index in [0.29, 0.717) is 13.1 Å². The summed E-state index contributed by atoms with van der Waals surface area (Å²) in [6.07, 6.45) is -0.340. The molecule has 94 valence electrons. The standard InChI is InChI=1S/C13H19ClN2O/c1-13(2)9-15-7-12(17)8-16(13)11-5-3-10(14)4-6-11/h3-6,12,15,17H,7-9H2,1-2H3. The van der Waals surface area contributed by atoms with Crippen molar-refractivity contribution in [3.05, 3.63) is 29.3 Å². The van der Waals surface area contributed by atoms with Crippen LogP contribution in [0.15, 0.2) is 24.3 Å². The lowest BCUT2D eigenvalue weighted by molar-refractivity contribution is 0.183. The second-order valence-electron chi connectivity index (χ2n) is 5.18. The summed E-state index contributed by atoms with van der Waals surface area (Å²) < 4.78 is 0. The minimum absolute atomic E-state index is 0.0225. The van der Waals surface area contributed by atoms with Crippen LogP contribution < -0.4 is 10.2 Å². The first-order valence-corrected chi connectivity index (χ1v) is 6.29. The molecule has 17 heavy (non-hydrogen) atoms. The summed E-state index contributed by atoms with van der Waals surface area (Å²) in [5.41, 5.74) is 1.08. The summed E-state index contributed by atoms with van der Waals surface area (Å²) in [7, 11) is 0. The highest BCUT2D eigenvalue weighted by molar-refractivity contribution is 6.30. The number of aliphatic hydroxyl groups is 1. The molecule has 3 nitrogen and oxygen atoms in total. The van der Waals surface area contributed by atoms with Gasteiger partial charge in [-0.15, -0.1) is 0 Å². The van der Waals surface area contributed by atoms with Gasteiger partial charge in [0, 0.05) is 35.9 Å². The Morgan fingerprint density at radius 2 is 2.00 bits per heavy atom. The number of aliphatic hydroxyl groups excluding tert-OH is 1. The fourth-order valence-electron chi connectivity index (χ4n) is 2.24. The van der Waals surface area contributed by atoms with Gasteiger partial charge in [0.1, 0.15) is 0 Å². The zero-order valence-corrected chi connectivity index (χ0v) is 11.0.